The number of carbonyl (C=O) groups excluding carboxylic acids is 8. The molecule has 4 aliphatic heterocycles. The molecule has 4 saturated heterocycles. The predicted molar refractivity (Wildman–Crippen MR) is 248 cm³/mol. The van der Waals surface area contributed by atoms with Crippen molar-refractivity contribution in [1.82, 2.24) is 20.4 Å². The summed E-state index contributed by atoms with van der Waals surface area (Å²) in [6.07, 6.45) is -1.37. The molecule has 8 atom stereocenters. The van der Waals surface area contributed by atoms with Gasteiger partial charge < -0.3 is 58.3 Å². The zero-order chi connectivity index (χ0) is 51.2. The number of benzene rings is 2. The van der Waals surface area contributed by atoms with E-state index in [1.807, 2.05) is 27.7 Å². The molecule has 0 bridgehead atoms. The molecular weight excluding hydrogens is 913 g/mol. The van der Waals surface area contributed by atoms with Gasteiger partial charge in [-0.3, -0.25) is 19.2 Å². The Hall–Kier alpha value is -5.96. The number of Topliss-reactive ketones (excluding diaryl/α,β-unsaturated/α-hetero) is 2. The molecule has 4 heterocycles. The van der Waals surface area contributed by atoms with E-state index in [0.29, 0.717) is 24.0 Å². The van der Waals surface area contributed by atoms with Crippen LogP contribution < -0.4 is 10.6 Å². The monoisotopic (exact) mass is 978 g/mol. The van der Waals surface area contributed by atoms with Crippen molar-refractivity contribution in [2.24, 2.45) is 11.8 Å². The number of methoxy groups -OCH3 is 2. The summed E-state index contributed by atoms with van der Waals surface area (Å²) < 4.78 is 45.3. The van der Waals surface area contributed by atoms with E-state index in [0.717, 1.165) is 0 Å². The largest absolute Gasteiger partial charge is 0.456 e. The third-order valence-corrected chi connectivity index (χ3v) is 12.9. The summed E-state index contributed by atoms with van der Waals surface area (Å²) >= 11 is 0. The molecule has 6 rings (SSSR count). The Morgan fingerprint density at radius 1 is 0.557 bits per heavy atom. The number of esters is 2. The Balaban J connectivity index is 1.07. The van der Waals surface area contributed by atoms with Gasteiger partial charge in [0, 0.05) is 24.0 Å². The zero-order valence-electron chi connectivity index (χ0n) is 41.5. The molecular formula is C50H66N4O16. The van der Waals surface area contributed by atoms with E-state index in [1.165, 1.54) is 24.0 Å². The predicted octanol–water partition coefficient (Wildman–Crippen LogP) is 4.59. The first-order valence-corrected chi connectivity index (χ1v) is 23.7. The summed E-state index contributed by atoms with van der Waals surface area (Å²) in [5.41, 5.74) is 1.92. The second-order valence-electron chi connectivity index (χ2n) is 19.3. The third-order valence-electron chi connectivity index (χ3n) is 12.9. The van der Waals surface area contributed by atoms with E-state index in [4.69, 9.17) is 37.9 Å². The van der Waals surface area contributed by atoms with Crippen molar-refractivity contribution in [3.63, 3.8) is 0 Å². The number of likely N-dealkylation sites (tertiary alicyclic amines) is 2. The molecule has 4 fully saturated rings. The van der Waals surface area contributed by atoms with Crippen LogP contribution in [0.4, 0.5) is 9.59 Å². The van der Waals surface area contributed by atoms with Crippen LogP contribution in [0.5, 0.6) is 0 Å². The van der Waals surface area contributed by atoms with Crippen molar-refractivity contribution in [3.8, 4) is 11.1 Å². The highest BCUT2D eigenvalue weighted by atomic mass is 16.7. The van der Waals surface area contributed by atoms with Crippen LogP contribution in [0.15, 0.2) is 48.5 Å². The van der Waals surface area contributed by atoms with Crippen molar-refractivity contribution in [3.05, 3.63) is 59.7 Å². The van der Waals surface area contributed by atoms with Crippen molar-refractivity contribution >= 4 is 47.5 Å². The van der Waals surface area contributed by atoms with E-state index in [9.17, 15) is 38.4 Å². The lowest BCUT2D eigenvalue weighted by molar-refractivity contribution is -0.303. The molecule has 6 unspecified atom stereocenters. The van der Waals surface area contributed by atoms with Crippen LogP contribution in [0.1, 0.15) is 102 Å². The quantitative estimate of drug-likeness (QED) is 0.141. The van der Waals surface area contributed by atoms with Crippen LogP contribution in [0.3, 0.4) is 0 Å². The Morgan fingerprint density at radius 3 is 1.16 bits per heavy atom. The lowest BCUT2D eigenvalue weighted by Gasteiger charge is -2.40. The lowest BCUT2D eigenvalue weighted by atomic mass is 10.0. The second kappa shape index (κ2) is 22.4. The Bertz CT molecular complexity index is 2090. The first-order chi connectivity index (χ1) is 33.1. The molecule has 20 nitrogen and oxygen atoms in total. The number of alkyl carbamates (subject to hydrolysis) is 2. The fourth-order valence-electron chi connectivity index (χ4n) is 9.64. The number of nitrogens with zero attached hydrogens (tertiary/aromatic N) is 2. The molecule has 0 radical (unpaired) electrons. The summed E-state index contributed by atoms with van der Waals surface area (Å²) in [7, 11) is 2.36. The minimum atomic E-state index is -1.30. The summed E-state index contributed by atoms with van der Waals surface area (Å²) in [5.74, 6) is -7.12. The average molecular weight is 979 g/mol. The van der Waals surface area contributed by atoms with Gasteiger partial charge in [-0.25, -0.2) is 19.2 Å². The number of hydrogen-bond acceptors (Lipinski definition) is 16. The maximum Gasteiger partial charge on any atom is 0.407 e. The van der Waals surface area contributed by atoms with Gasteiger partial charge in [-0.15, -0.1) is 0 Å². The van der Waals surface area contributed by atoms with Crippen LogP contribution >= 0.6 is 0 Å². The number of nitrogens with one attached hydrogen (secondary N) is 2. The van der Waals surface area contributed by atoms with Gasteiger partial charge in [0.05, 0.1) is 51.7 Å². The van der Waals surface area contributed by atoms with Crippen LogP contribution in [0, 0.1) is 11.8 Å². The number of ether oxygens (including phenoxy) is 8. The highest BCUT2D eigenvalue weighted by molar-refractivity contribution is 6.00. The van der Waals surface area contributed by atoms with Gasteiger partial charge in [0.25, 0.3) is 0 Å². The van der Waals surface area contributed by atoms with Crippen molar-refractivity contribution < 1.29 is 76.3 Å². The first-order valence-electron chi connectivity index (χ1n) is 23.7. The fraction of sp³-hybridized carbons (Fsp3) is 0.600. The molecule has 2 aromatic carbocycles. The number of ketones is 2. The number of rotatable bonds is 15. The van der Waals surface area contributed by atoms with Gasteiger partial charge in [-0.2, -0.15) is 0 Å². The Labute approximate surface area is 407 Å². The van der Waals surface area contributed by atoms with Gasteiger partial charge in [-0.1, -0.05) is 76.2 Å². The SMILES string of the molecule is COC(=O)N[C@H](C(=O)N1CC2(CC1C(=O)OCC(=O)c1ccc(-c3ccc(C(=O)COC(=O)C4CC5(CN4C(=O)[C@@H](NC(=O)OC)C(C)C)OC(C)CC(C)O5)cc3)cc1)OC(C)CC(C)O2)C(C)C. The van der Waals surface area contributed by atoms with Gasteiger partial charge in [-0.05, 0) is 63.5 Å². The van der Waals surface area contributed by atoms with E-state index in [-0.39, 0.29) is 73.3 Å². The van der Waals surface area contributed by atoms with Gasteiger partial charge in [0.15, 0.2) is 36.4 Å². The molecule has 0 aromatic heterocycles. The topological polar surface area (TPSA) is 241 Å². The lowest BCUT2D eigenvalue weighted by Crippen LogP contribution is -2.55. The summed E-state index contributed by atoms with van der Waals surface area (Å²) in [6, 6.07) is 8.65. The second-order valence-corrected chi connectivity index (χ2v) is 19.3. The molecule has 4 amide bonds. The highest BCUT2D eigenvalue weighted by Crippen LogP contribution is 2.41. The van der Waals surface area contributed by atoms with Gasteiger partial charge in [0.2, 0.25) is 11.8 Å². The molecule has 0 saturated carbocycles. The molecule has 0 aliphatic carbocycles. The minimum Gasteiger partial charge on any atom is -0.456 e. The molecule has 2 aromatic rings. The normalized spacial score (nSPS) is 27.2. The average Bonchev–Trinajstić information content (AvgIpc) is 3.86. The smallest absolute Gasteiger partial charge is 0.407 e. The summed E-state index contributed by atoms with van der Waals surface area (Å²) in [4.78, 5) is 109. The van der Waals surface area contributed by atoms with E-state index in [2.05, 4.69) is 10.6 Å². The Morgan fingerprint density at radius 2 is 0.871 bits per heavy atom. The van der Waals surface area contributed by atoms with E-state index >= 15 is 0 Å². The Kier molecular flexibility index (Phi) is 17.1. The maximum atomic E-state index is 14.0. The van der Waals surface area contributed by atoms with Crippen LogP contribution in [-0.2, 0) is 57.1 Å². The van der Waals surface area contributed by atoms with Crippen LogP contribution in [-0.4, -0.2) is 158 Å². The summed E-state index contributed by atoms with van der Waals surface area (Å²) in [5, 5.41) is 5.10. The number of hydrogen-bond donors (Lipinski definition) is 2. The minimum absolute atomic E-state index is 0.0436. The van der Waals surface area contributed by atoms with E-state index in [1.54, 1.807) is 76.2 Å². The number of amides is 4. The molecule has 2 spiro atoms. The molecule has 4 aliphatic rings. The number of carbonyl (C=O) groups is 8. The van der Waals surface area contributed by atoms with Crippen LogP contribution in [0.2, 0.25) is 0 Å². The molecule has 70 heavy (non-hydrogen) atoms. The highest BCUT2D eigenvalue weighted by Gasteiger charge is 2.57. The maximum absolute atomic E-state index is 14.0. The van der Waals surface area contributed by atoms with Crippen molar-refractivity contribution in [1.29, 1.82) is 0 Å². The van der Waals surface area contributed by atoms with E-state index < -0.39 is 96.5 Å². The first kappa shape index (κ1) is 53.4. The fourth-order valence-corrected chi connectivity index (χ4v) is 9.64. The van der Waals surface area contributed by atoms with Gasteiger partial charge >= 0.3 is 24.1 Å². The standard InChI is InChI=1S/C50H66N4O16/c1-27(2)41(51-47(61)63-9)43(57)53-25-49(67-29(5)19-30(6)68-49)21-37(53)45(59)65-23-39(55)35-15-11-33(12-16-35)34-13-17-36(18-14-34)40(56)24-66-46(60)38-22-50(69-31(7)20-32(8)70-50)26-54(38)44(58)42(28(3)4)52-48(62)64-10/h11-18,27-32,37-38,41-42H,19-26H2,1-10H3,(H,51,61)(H,52,62)/t29?,30?,31?,32?,37?,38?,41-,42-,49?,50?/m0/s1. The molecule has 382 valence electrons. The zero-order valence-corrected chi connectivity index (χ0v) is 41.5. The molecule has 20 heteroatoms. The van der Waals surface area contributed by atoms with Crippen LogP contribution in [0.25, 0.3) is 11.1 Å². The van der Waals surface area contributed by atoms with Crippen molar-refractivity contribution in [2.75, 3.05) is 40.5 Å². The summed E-state index contributed by atoms with van der Waals surface area (Å²) in [6.45, 7) is 13.1. The van der Waals surface area contributed by atoms with Crippen molar-refractivity contribution in [2.45, 2.75) is 141 Å². The third kappa shape index (κ3) is 12.5. The van der Waals surface area contributed by atoms with Gasteiger partial charge in [0.1, 0.15) is 24.2 Å². The molecule has 2 N–H and O–H groups in total.